The number of halogens is 7. The number of hydrogen-bond acceptors (Lipinski definition) is 6. The Morgan fingerprint density at radius 1 is 0.925 bits per heavy atom. The smallest absolute Gasteiger partial charge is 0.388 e. The van der Waals surface area contributed by atoms with Crippen LogP contribution in [0, 0.1) is 5.82 Å². The summed E-state index contributed by atoms with van der Waals surface area (Å²) in [4.78, 5) is 13.6. The van der Waals surface area contributed by atoms with E-state index in [-0.39, 0.29) is 37.2 Å². The van der Waals surface area contributed by atoms with Crippen molar-refractivity contribution in [2.24, 2.45) is 0 Å². The Kier molecular flexibility index (Phi) is 7.62. The molecule has 0 aliphatic carbocycles. The lowest BCUT2D eigenvalue weighted by Crippen LogP contribution is -2.54. The molecule has 2 aromatic rings. The Hall–Kier alpha value is -2.95. The number of β-amino-alcohol motifs (C(OH)–C–C–N with tert-alkyl or cyclic N) is 2. The van der Waals surface area contributed by atoms with Crippen LogP contribution in [0.3, 0.4) is 0 Å². The molecule has 1 unspecified atom stereocenters. The first kappa shape index (κ1) is 30.0. The summed E-state index contributed by atoms with van der Waals surface area (Å²) in [5.41, 5.74) is -7.41. The van der Waals surface area contributed by atoms with Crippen LogP contribution >= 0.6 is 0 Å². The van der Waals surface area contributed by atoms with Crippen LogP contribution in [0.15, 0.2) is 47.4 Å². The molecule has 2 aromatic carbocycles. The number of carbonyl (C=O) groups excluding carboxylic acids is 1. The minimum absolute atomic E-state index is 0.224. The van der Waals surface area contributed by atoms with Gasteiger partial charge in [0.15, 0.2) is 0 Å². The summed E-state index contributed by atoms with van der Waals surface area (Å²) in [5.74, 6) is -1.44. The molecule has 4 rings (SSSR count). The van der Waals surface area contributed by atoms with Crippen molar-refractivity contribution in [1.29, 1.82) is 0 Å². The summed E-state index contributed by atoms with van der Waals surface area (Å²) in [6, 6.07) is 3.73. The summed E-state index contributed by atoms with van der Waals surface area (Å²) >= 11 is 0. The van der Waals surface area contributed by atoms with E-state index < -0.39 is 74.8 Å². The quantitative estimate of drug-likeness (QED) is 0.455. The number of amides is 1. The second kappa shape index (κ2) is 10.2. The number of anilines is 1. The number of aliphatic hydroxyl groups is 3. The van der Waals surface area contributed by atoms with E-state index in [9.17, 15) is 59.3 Å². The van der Waals surface area contributed by atoms with E-state index >= 15 is 0 Å². The molecule has 40 heavy (non-hydrogen) atoms. The van der Waals surface area contributed by atoms with Gasteiger partial charge < -0.3 is 20.2 Å². The van der Waals surface area contributed by atoms with Crippen molar-refractivity contribution < 1.29 is 59.3 Å². The third-order valence-electron chi connectivity index (χ3n) is 7.03. The van der Waals surface area contributed by atoms with Crippen LogP contribution in [0.1, 0.15) is 24.0 Å². The van der Waals surface area contributed by atoms with Gasteiger partial charge in [0.1, 0.15) is 5.82 Å². The maximum absolute atomic E-state index is 13.7. The third kappa shape index (κ3) is 5.12. The highest BCUT2D eigenvalue weighted by molar-refractivity contribution is 7.92. The number of carbonyl (C=O) groups is 1. The van der Waals surface area contributed by atoms with Crippen molar-refractivity contribution in [2.75, 3.05) is 17.4 Å². The lowest BCUT2D eigenvalue weighted by atomic mass is 9.87. The molecular formula is C24H23F7N2O6S. The predicted octanol–water partition coefficient (Wildman–Crippen LogP) is 2.60. The van der Waals surface area contributed by atoms with Gasteiger partial charge in [-0.3, -0.25) is 9.10 Å². The Morgan fingerprint density at radius 3 is 2.00 bits per heavy atom. The van der Waals surface area contributed by atoms with Crippen LogP contribution in [0.25, 0.3) is 0 Å². The monoisotopic (exact) mass is 600 g/mol. The molecule has 0 aromatic heterocycles. The van der Waals surface area contributed by atoms with Gasteiger partial charge in [-0.1, -0.05) is 12.1 Å². The number of rotatable bonds is 5. The van der Waals surface area contributed by atoms with E-state index in [1.807, 2.05) is 0 Å². The molecule has 3 atom stereocenters. The standard InChI is InChI=1S/C24H23F7N2O6S/c25-15-3-6-17(7-4-15)40(38,39)33-16(10-21(36)32-11-19(34)20(35)12-32)5-1-13-9-14(2-8-18(13)33)22(37,23(26,27)28)24(29,30)31/h2-4,6-9,16,19-20,34-35,37H,1,5,10-12H2/t16?,19-,20+. The van der Waals surface area contributed by atoms with E-state index in [1.165, 1.54) is 0 Å². The van der Waals surface area contributed by atoms with Gasteiger partial charge in [0, 0.05) is 25.1 Å². The van der Waals surface area contributed by atoms with E-state index in [0.29, 0.717) is 22.5 Å². The highest BCUT2D eigenvalue weighted by Gasteiger charge is 2.71. The number of fused-ring (bicyclic) bond motifs is 1. The van der Waals surface area contributed by atoms with Gasteiger partial charge in [0.2, 0.25) is 5.91 Å². The molecule has 0 radical (unpaired) electrons. The number of benzene rings is 2. The molecule has 2 heterocycles. The number of hydrogen-bond donors (Lipinski definition) is 3. The van der Waals surface area contributed by atoms with Crippen molar-refractivity contribution in [1.82, 2.24) is 4.90 Å². The zero-order valence-electron chi connectivity index (χ0n) is 20.3. The Balaban J connectivity index is 1.80. The maximum atomic E-state index is 13.7. The highest BCUT2D eigenvalue weighted by Crippen LogP contribution is 2.51. The average molecular weight is 601 g/mol. The molecule has 2 aliphatic heterocycles. The van der Waals surface area contributed by atoms with Crippen molar-refractivity contribution in [2.45, 2.75) is 60.4 Å². The Morgan fingerprint density at radius 2 is 1.48 bits per heavy atom. The van der Waals surface area contributed by atoms with E-state index in [4.69, 9.17) is 0 Å². The van der Waals surface area contributed by atoms with E-state index in [1.54, 1.807) is 0 Å². The number of aryl methyl sites for hydroxylation is 1. The van der Waals surface area contributed by atoms with E-state index in [2.05, 4.69) is 0 Å². The van der Waals surface area contributed by atoms with Crippen molar-refractivity contribution >= 4 is 21.6 Å². The number of aliphatic hydroxyl groups excluding tert-OH is 2. The molecule has 1 fully saturated rings. The van der Waals surface area contributed by atoms with Crippen LogP contribution in [0.4, 0.5) is 36.4 Å². The fraction of sp³-hybridized carbons (Fsp3) is 0.458. The number of sulfonamides is 1. The average Bonchev–Trinajstić information content (AvgIpc) is 3.20. The molecule has 8 nitrogen and oxygen atoms in total. The van der Waals surface area contributed by atoms with Gasteiger partial charge in [0.05, 0.1) is 28.8 Å². The topological polar surface area (TPSA) is 118 Å². The minimum Gasteiger partial charge on any atom is -0.388 e. The van der Waals surface area contributed by atoms with Crippen molar-refractivity contribution in [3.05, 3.63) is 59.4 Å². The van der Waals surface area contributed by atoms with Crippen LogP contribution in [0.5, 0.6) is 0 Å². The first-order valence-electron chi connectivity index (χ1n) is 11.8. The summed E-state index contributed by atoms with van der Waals surface area (Å²) in [5, 5.41) is 29.3. The second-order valence-corrected chi connectivity index (χ2v) is 11.4. The third-order valence-corrected chi connectivity index (χ3v) is 8.91. The fourth-order valence-corrected chi connectivity index (χ4v) is 6.60. The van der Waals surface area contributed by atoms with Gasteiger partial charge in [0.25, 0.3) is 15.6 Å². The van der Waals surface area contributed by atoms with E-state index in [0.717, 1.165) is 29.2 Å². The van der Waals surface area contributed by atoms with Gasteiger partial charge in [-0.25, -0.2) is 12.8 Å². The minimum atomic E-state index is -6.16. The molecule has 2 aliphatic rings. The molecule has 1 saturated heterocycles. The van der Waals surface area contributed by atoms with Crippen LogP contribution < -0.4 is 4.31 Å². The van der Waals surface area contributed by atoms with Crippen molar-refractivity contribution in [3.8, 4) is 0 Å². The zero-order valence-corrected chi connectivity index (χ0v) is 21.1. The largest absolute Gasteiger partial charge is 0.430 e. The highest BCUT2D eigenvalue weighted by atomic mass is 32.2. The normalized spacial score (nSPS) is 22.4. The molecule has 0 spiro atoms. The van der Waals surface area contributed by atoms with Crippen molar-refractivity contribution in [3.63, 3.8) is 0 Å². The summed E-state index contributed by atoms with van der Waals surface area (Å²) in [7, 11) is -4.65. The first-order chi connectivity index (χ1) is 18.4. The van der Waals surface area contributed by atoms with Crippen LogP contribution in [-0.2, 0) is 26.8 Å². The second-order valence-electron chi connectivity index (χ2n) is 9.63. The molecule has 16 heteroatoms. The zero-order chi connectivity index (χ0) is 29.8. The molecule has 3 N–H and O–H groups in total. The number of alkyl halides is 6. The lowest BCUT2D eigenvalue weighted by molar-refractivity contribution is -0.376. The molecule has 0 bridgehead atoms. The molecular weight excluding hydrogens is 577 g/mol. The fourth-order valence-electron chi connectivity index (χ4n) is 4.88. The van der Waals surface area contributed by atoms with Crippen LogP contribution in [-0.4, -0.2) is 78.2 Å². The van der Waals surface area contributed by atoms with Gasteiger partial charge >= 0.3 is 12.4 Å². The maximum Gasteiger partial charge on any atom is 0.430 e. The van der Waals surface area contributed by atoms with Gasteiger partial charge in [-0.2, -0.15) is 26.3 Å². The predicted molar refractivity (Wildman–Crippen MR) is 124 cm³/mol. The van der Waals surface area contributed by atoms with Gasteiger partial charge in [-0.15, -0.1) is 0 Å². The Bertz CT molecular complexity index is 1360. The van der Waals surface area contributed by atoms with Crippen LogP contribution in [0.2, 0.25) is 0 Å². The summed E-state index contributed by atoms with van der Waals surface area (Å²) < 4.78 is 122. The van der Waals surface area contributed by atoms with Gasteiger partial charge in [-0.05, 0) is 48.7 Å². The number of nitrogens with zero attached hydrogens (tertiary/aromatic N) is 2. The summed E-state index contributed by atoms with van der Waals surface area (Å²) in [6.07, 6.45) is -15.8. The Labute approximate surface area is 223 Å². The lowest BCUT2D eigenvalue weighted by Gasteiger charge is -2.39. The summed E-state index contributed by atoms with van der Waals surface area (Å²) in [6.45, 7) is -0.463. The first-order valence-corrected chi connectivity index (χ1v) is 13.2. The molecule has 220 valence electrons. The SMILES string of the molecule is O=C(CC1CCc2cc(C(O)(C(F)(F)F)C(F)(F)F)ccc2N1S(=O)(=O)c1ccc(F)cc1)N1C[C@@H](O)[C@@H](O)C1. The molecule has 1 amide bonds. The number of likely N-dealkylation sites (tertiary alicyclic amines) is 1. The molecule has 0 saturated carbocycles.